The van der Waals surface area contributed by atoms with E-state index >= 15 is 0 Å². The molecule has 19 N–H and O–H groups in total. The largest absolute Gasteiger partial charge is 0.395 e. The fraction of sp³-hybridized carbons (Fsp3) is 0.957. The molecule has 0 aromatic carbocycles. The number of rotatable bonds is 12. The molecule has 43 heavy (non-hydrogen) atoms. The Balaban J connectivity index is 1.83. The normalized spacial score (nSPS) is 44.9. The van der Waals surface area contributed by atoms with Crippen molar-refractivity contribution in [1.29, 1.82) is 0 Å². The molecule has 3 fully saturated rings. The van der Waals surface area contributed by atoms with Gasteiger partial charge in [-0.1, -0.05) is 0 Å². The number of hydrogen-bond donors (Lipinski definition) is 15. The molecule has 0 bridgehead atoms. The van der Waals surface area contributed by atoms with Crippen molar-refractivity contribution in [3.05, 3.63) is 0 Å². The Hall–Kier alpha value is -1.25. The smallest absolute Gasteiger partial charge is 0.251 e. The Bertz CT molecular complexity index is 896. The summed E-state index contributed by atoms with van der Waals surface area (Å²) in [5.74, 6) is -1.26. The number of nitrogens with two attached hydrogens (primary N) is 4. The quantitative estimate of drug-likeness (QED) is 0.0950. The predicted octanol–water partition coefficient (Wildman–Crippen LogP) is -10.1. The van der Waals surface area contributed by atoms with Crippen LogP contribution in [0.15, 0.2) is 0 Å². The van der Waals surface area contributed by atoms with Crippen LogP contribution in [-0.4, -0.2) is 187 Å². The van der Waals surface area contributed by atoms with Crippen LogP contribution in [0.1, 0.15) is 6.42 Å². The Kier molecular flexibility index (Phi) is 12.9. The molecule has 20 nitrogen and oxygen atoms in total. The molecule has 252 valence electrons. The van der Waals surface area contributed by atoms with E-state index in [-0.39, 0.29) is 13.0 Å². The molecule has 3 rings (SSSR count). The van der Waals surface area contributed by atoms with E-state index < -0.39 is 129 Å². The van der Waals surface area contributed by atoms with Crippen LogP contribution in [0, 0.1) is 0 Å². The average molecular weight is 632 g/mol. The van der Waals surface area contributed by atoms with Crippen LogP contribution in [-0.2, 0) is 23.7 Å². The number of carbonyl (C=O) groups excluding carboxylic acids is 1. The van der Waals surface area contributed by atoms with Gasteiger partial charge in [0.15, 0.2) is 18.7 Å². The molecule has 2 heterocycles. The SMILES string of the molecule is NCC1OC(OC2C(N)CC(NC(=O)C(O)C(O)C(O)C(N)CO)C(O)C2OC2OC(CO)C(O)C2O)C(N)C(O)C1O. The van der Waals surface area contributed by atoms with Crippen molar-refractivity contribution in [2.24, 2.45) is 22.9 Å². The van der Waals surface area contributed by atoms with Gasteiger partial charge in [-0.25, -0.2) is 0 Å². The molecule has 18 unspecified atom stereocenters. The van der Waals surface area contributed by atoms with Crippen LogP contribution in [0.5, 0.6) is 0 Å². The van der Waals surface area contributed by atoms with Gasteiger partial charge < -0.3 is 98.3 Å². The van der Waals surface area contributed by atoms with Crippen molar-refractivity contribution >= 4 is 5.91 Å². The summed E-state index contributed by atoms with van der Waals surface area (Å²) in [6.45, 7) is -1.69. The summed E-state index contributed by atoms with van der Waals surface area (Å²) in [4.78, 5) is 12.7. The molecule has 3 aliphatic rings. The Morgan fingerprint density at radius 1 is 0.837 bits per heavy atom. The highest BCUT2D eigenvalue weighted by atomic mass is 16.7. The molecule has 0 spiro atoms. The number of aliphatic hydroxyl groups excluding tert-OH is 10. The number of aliphatic hydroxyl groups is 10. The first-order chi connectivity index (χ1) is 20.2. The van der Waals surface area contributed by atoms with E-state index in [1.165, 1.54) is 0 Å². The summed E-state index contributed by atoms with van der Waals surface area (Å²) in [6, 6.07) is -5.17. The lowest BCUT2D eigenvalue weighted by molar-refractivity contribution is -0.307. The Morgan fingerprint density at radius 2 is 1.42 bits per heavy atom. The summed E-state index contributed by atoms with van der Waals surface area (Å²) in [7, 11) is 0. The van der Waals surface area contributed by atoms with Crippen molar-refractivity contribution in [2.45, 2.75) is 116 Å². The lowest BCUT2D eigenvalue weighted by Crippen LogP contribution is -2.69. The lowest BCUT2D eigenvalue weighted by Gasteiger charge is -2.48. The molecular formula is C23H45N5O15. The highest BCUT2D eigenvalue weighted by Gasteiger charge is 2.53. The summed E-state index contributed by atoms with van der Waals surface area (Å²) in [5, 5.41) is 104. The summed E-state index contributed by atoms with van der Waals surface area (Å²) in [6.07, 6.45) is -23.0. The maximum absolute atomic E-state index is 12.7. The zero-order chi connectivity index (χ0) is 32.3. The zero-order valence-electron chi connectivity index (χ0n) is 23.0. The van der Waals surface area contributed by atoms with Crippen molar-refractivity contribution in [2.75, 3.05) is 19.8 Å². The van der Waals surface area contributed by atoms with Gasteiger partial charge >= 0.3 is 0 Å². The number of carbonyl (C=O) groups is 1. The summed E-state index contributed by atoms with van der Waals surface area (Å²) in [5.41, 5.74) is 23.4. The second kappa shape index (κ2) is 15.4. The first-order valence-electron chi connectivity index (χ1n) is 13.7. The van der Waals surface area contributed by atoms with Gasteiger partial charge in [0, 0.05) is 12.6 Å². The molecular weight excluding hydrogens is 586 g/mol. The molecule has 20 heteroatoms. The van der Waals surface area contributed by atoms with Gasteiger partial charge in [-0.05, 0) is 6.42 Å². The highest BCUT2D eigenvalue weighted by molar-refractivity contribution is 5.81. The molecule has 1 saturated carbocycles. The van der Waals surface area contributed by atoms with Crippen LogP contribution >= 0.6 is 0 Å². The molecule has 2 aliphatic heterocycles. The van der Waals surface area contributed by atoms with Crippen LogP contribution in [0.2, 0.25) is 0 Å². The summed E-state index contributed by atoms with van der Waals surface area (Å²) >= 11 is 0. The van der Waals surface area contributed by atoms with E-state index in [0.717, 1.165) is 0 Å². The number of ether oxygens (including phenoxy) is 4. The van der Waals surface area contributed by atoms with Gasteiger partial charge in [0.1, 0.15) is 67.1 Å². The van der Waals surface area contributed by atoms with E-state index in [0.29, 0.717) is 0 Å². The monoisotopic (exact) mass is 631 g/mol. The minimum atomic E-state index is -2.26. The minimum absolute atomic E-state index is 0.229. The van der Waals surface area contributed by atoms with E-state index in [9.17, 15) is 50.8 Å². The highest BCUT2D eigenvalue weighted by Crippen LogP contribution is 2.32. The molecule has 0 aromatic heterocycles. The second-order valence-corrected chi connectivity index (χ2v) is 11.0. The van der Waals surface area contributed by atoms with Gasteiger partial charge in [-0.2, -0.15) is 0 Å². The molecule has 2 saturated heterocycles. The molecule has 1 aliphatic carbocycles. The van der Waals surface area contributed by atoms with Crippen LogP contribution < -0.4 is 28.3 Å². The van der Waals surface area contributed by atoms with E-state index in [4.69, 9.17) is 47.0 Å². The first kappa shape index (κ1) is 36.2. The Labute approximate surface area is 245 Å². The van der Waals surface area contributed by atoms with Gasteiger partial charge in [0.25, 0.3) is 5.91 Å². The average Bonchev–Trinajstić information content (AvgIpc) is 3.27. The molecule has 1 amide bonds. The molecule has 0 radical (unpaired) electrons. The predicted molar refractivity (Wildman–Crippen MR) is 139 cm³/mol. The number of amides is 1. The standard InChI is InChI=1S/C23H45N5O15/c24-2-8-13(33)15(35)10(27)22(40-8)42-19-5(25)1-7(28-21(39)17(37)16(36)11(31)6(26)3-29)12(32)20(19)43-23-18(38)14(34)9(4-30)41-23/h5-20,22-23,29-38H,1-4,24-27H2,(H,28,39). The maximum atomic E-state index is 12.7. The molecule has 18 atom stereocenters. The third-order valence-electron chi connectivity index (χ3n) is 8.00. The first-order valence-corrected chi connectivity index (χ1v) is 13.7. The van der Waals surface area contributed by atoms with Crippen molar-refractivity contribution in [1.82, 2.24) is 5.32 Å². The van der Waals surface area contributed by atoms with Gasteiger partial charge in [-0.15, -0.1) is 0 Å². The van der Waals surface area contributed by atoms with Crippen LogP contribution in [0.25, 0.3) is 0 Å². The third-order valence-corrected chi connectivity index (χ3v) is 8.00. The lowest BCUT2D eigenvalue weighted by atomic mass is 9.83. The fourth-order valence-electron chi connectivity index (χ4n) is 5.24. The maximum Gasteiger partial charge on any atom is 0.251 e. The second-order valence-electron chi connectivity index (χ2n) is 11.0. The van der Waals surface area contributed by atoms with E-state index in [2.05, 4.69) is 5.32 Å². The minimum Gasteiger partial charge on any atom is -0.395 e. The number of nitrogens with one attached hydrogen (secondary N) is 1. The van der Waals surface area contributed by atoms with Gasteiger partial charge in [-0.3, -0.25) is 4.79 Å². The topological polar surface area (TPSA) is 372 Å². The van der Waals surface area contributed by atoms with Crippen LogP contribution in [0.4, 0.5) is 0 Å². The molecule has 0 aromatic rings. The summed E-state index contributed by atoms with van der Waals surface area (Å²) < 4.78 is 22.6. The van der Waals surface area contributed by atoms with Crippen molar-refractivity contribution < 1.29 is 74.8 Å². The van der Waals surface area contributed by atoms with Crippen LogP contribution in [0.3, 0.4) is 0 Å². The van der Waals surface area contributed by atoms with E-state index in [1.807, 2.05) is 0 Å². The van der Waals surface area contributed by atoms with Gasteiger partial charge in [0.05, 0.1) is 31.3 Å². The van der Waals surface area contributed by atoms with Gasteiger partial charge in [0.2, 0.25) is 0 Å². The van der Waals surface area contributed by atoms with E-state index in [1.54, 1.807) is 0 Å². The fourth-order valence-corrected chi connectivity index (χ4v) is 5.24. The van der Waals surface area contributed by atoms with Crippen molar-refractivity contribution in [3.8, 4) is 0 Å². The van der Waals surface area contributed by atoms with Crippen molar-refractivity contribution in [3.63, 3.8) is 0 Å². The third kappa shape index (κ3) is 7.77. The zero-order valence-corrected chi connectivity index (χ0v) is 23.0. The number of hydrogen-bond acceptors (Lipinski definition) is 19. The Morgan fingerprint density at radius 3 is 1.98 bits per heavy atom.